The second-order valence-electron chi connectivity index (χ2n) is 10.2. The molecule has 0 saturated carbocycles. The zero-order valence-electron chi connectivity index (χ0n) is 21.6. The number of nitrogens with zero attached hydrogens (tertiary/aromatic N) is 2. The van der Waals surface area contributed by atoms with Gasteiger partial charge in [0.2, 0.25) is 5.91 Å². The highest BCUT2D eigenvalue weighted by Crippen LogP contribution is 2.45. The second-order valence-corrected chi connectivity index (χ2v) is 11.6. The fraction of sp³-hybridized carbons (Fsp3) is 0.393. The van der Waals surface area contributed by atoms with Gasteiger partial charge in [0.15, 0.2) is 0 Å². The normalized spacial score (nSPS) is 20.2. The first-order valence-corrected chi connectivity index (χ1v) is 13.3. The molecule has 1 atom stereocenters. The molecule has 6 nitrogen and oxygen atoms in total. The molecule has 3 amide bonds. The van der Waals surface area contributed by atoms with Crippen LogP contribution in [0, 0.1) is 13.8 Å². The van der Waals surface area contributed by atoms with Gasteiger partial charge < -0.3 is 10.2 Å². The molecule has 1 saturated heterocycles. The zero-order chi connectivity index (χ0) is 26.4. The highest BCUT2D eigenvalue weighted by molar-refractivity contribution is 8.18. The molecule has 2 aromatic rings. The summed E-state index contributed by atoms with van der Waals surface area (Å²) in [5.74, 6) is -0.588. The fourth-order valence-electron chi connectivity index (χ4n) is 5.17. The van der Waals surface area contributed by atoms with Crippen LogP contribution in [0.1, 0.15) is 62.3 Å². The summed E-state index contributed by atoms with van der Waals surface area (Å²) in [4.78, 5) is 41.8. The molecule has 1 unspecified atom stereocenters. The number of hydrogen-bond acceptors (Lipinski definition) is 5. The maximum Gasteiger partial charge on any atom is 0.294 e. The predicted octanol–water partition coefficient (Wildman–Crippen LogP) is 6.74. The molecule has 0 bridgehead atoms. The van der Waals surface area contributed by atoms with Crippen LogP contribution in [0.5, 0.6) is 0 Å². The number of thioether (sulfide) groups is 1. The maximum atomic E-state index is 13.0. The van der Waals surface area contributed by atoms with E-state index >= 15 is 0 Å². The predicted molar refractivity (Wildman–Crippen MR) is 149 cm³/mol. The molecule has 36 heavy (non-hydrogen) atoms. The van der Waals surface area contributed by atoms with Crippen molar-refractivity contribution in [3.63, 3.8) is 0 Å². The number of carbonyl (C=O) groups excluding carboxylic acids is 3. The van der Waals surface area contributed by atoms with Crippen molar-refractivity contribution in [3.8, 4) is 0 Å². The summed E-state index contributed by atoms with van der Waals surface area (Å²) in [5.41, 5.74) is 5.80. The van der Waals surface area contributed by atoms with E-state index in [9.17, 15) is 14.4 Å². The Balaban J connectivity index is 1.55. The number of hydrogen-bond donors (Lipinski definition) is 1. The first-order valence-electron chi connectivity index (χ1n) is 12.1. The van der Waals surface area contributed by atoms with Gasteiger partial charge in [0, 0.05) is 28.5 Å². The molecule has 0 radical (unpaired) electrons. The molecule has 4 rings (SSSR count). The quantitative estimate of drug-likeness (QED) is 0.437. The monoisotopic (exact) mass is 525 g/mol. The van der Waals surface area contributed by atoms with E-state index in [2.05, 4.69) is 37.9 Å². The lowest BCUT2D eigenvalue weighted by Crippen LogP contribution is -2.48. The zero-order valence-corrected chi connectivity index (χ0v) is 23.1. The molecule has 2 aliphatic heterocycles. The lowest BCUT2D eigenvalue weighted by Gasteiger charge is -2.47. The topological polar surface area (TPSA) is 69.7 Å². The van der Waals surface area contributed by atoms with E-state index in [1.54, 1.807) is 12.1 Å². The van der Waals surface area contributed by atoms with Gasteiger partial charge in [0.05, 0.1) is 4.91 Å². The largest absolute Gasteiger partial charge is 0.366 e. The Morgan fingerprint density at radius 2 is 1.92 bits per heavy atom. The average Bonchev–Trinajstić information content (AvgIpc) is 3.04. The van der Waals surface area contributed by atoms with Crippen LogP contribution in [0.2, 0.25) is 5.02 Å². The van der Waals surface area contributed by atoms with Gasteiger partial charge in [-0.25, -0.2) is 0 Å². The lowest BCUT2D eigenvalue weighted by atomic mass is 9.79. The van der Waals surface area contributed by atoms with Gasteiger partial charge in [0.1, 0.15) is 6.54 Å². The smallest absolute Gasteiger partial charge is 0.294 e. The van der Waals surface area contributed by atoms with E-state index in [4.69, 9.17) is 11.6 Å². The van der Waals surface area contributed by atoms with Gasteiger partial charge in [0.25, 0.3) is 11.1 Å². The summed E-state index contributed by atoms with van der Waals surface area (Å²) in [7, 11) is 0. The van der Waals surface area contributed by atoms with Gasteiger partial charge in [-0.05, 0) is 111 Å². The molecule has 0 aliphatic carbocycles. The van der Waals surface area contributed by atoms with Gasteiger partial charge in [-0.3, -0.25) is 19.3 Å². The van der Waals surface area contributed by atoms with Crippen molar-refractivity contribution >= 4 is 57.9 Å². The minimum absolute atomic E-state index is 0.0204. The van der Waals surface area contributed by atoms with E-state index in [1.807, 2.05) is 38.1 Å². The Morgan fingerprint density at radius 1 is 1.19 bits per heavy atom. The van der Waals surface area contributed by atoms with Crippen molar-refractivity contribution < 1.29 is 14.4 Å². The van der Waals surface area contributed by atoms with E-state index in [0.717, 1.165) is 46.4 Å². The van der Waals surface area contributed by atoms with Crippen LogP contribution in [-0.4, -0.2) is 40.6 Å². The van der Waals surface area contributed by atoms with Crippen molar-refractivity contribution in [2.75, 3.05) is 23.3 Å². The van der Waals surface area contributed by atoms with Crippen LogP contribution < -0.4 is 10.2 Å². The van der Waals surface area contributed by atoms with Crippen LogP contribution in [0.3, 0.4) is 0 Å². The average molecular weight is 526 g/mol. The lowest BCUT2D eigenvalue weighted by molar-refractivity contribution is -0.127. The Kier molecular flexibility index (Phi) is 7.26. The Morgan fingerprint density at radius 3 is 2.58 bits per heavy atom. The standard InChI is InChI=1S/C28H32ClN3O3S/c1-7-32-23-13-22(29)19(11-21(23)18(4)14-28(32,5)6)12-24-26(34)31(27(35)36-24)15-25(33)30-20-9-8-16(2)17(3)10-20/h8-13,18H,7,14-15H2,1-6H3,(H,30,33)/b24-12+. The summed E-state index contributed by atoms with van der Waals surface area (Å²) < 4.78 is 0. The second kappa shape index (κ2) is 9.94. The van der Waals surface area contributed by atoms with Crippen LogP contribution in [0.25, 0.3) is 6.08 Å². The summed E-state index contributed by atoms with van der Waals surface area (Å²) in [5, 5.41) is 2.82. The highest BCUT2D eigenvalue weighted by Gasteiger charge is 2.38. The SMILES string of the molecule is CCN1c2cc(Cl)c(/C=C3/SC(=O)N(CC(=O)Nc4ccc(C)c(C)c4)C3=O)cc2C(C)CC1(C)C. The summed E-state index contributed by atoms with van der Waals surface area (Å²) in [6.45, 7) is 13.3. The molecule has 0 spiro atoms. The van der Waals surface area contributed by atoms with Crippen molar-refractivity contribution in [2.45, 2.75) is 59.4 Å². The molecule has 1 fully saturated rings. The molecular formula is C28H32ClN3O3S. The highest BCUT2D eigenvalue weighted by atomic mass is 35.5. The van der Waals surface area contributed by atoms with Crippen LogP contribution in [-0.2, 0) is 9.59 Å². The molecule has 2 heterocycles. The number of fused-ring (bicyclic) bond motifs is 1. The number of rotatable bonds is 5. The minimum atomic E-state index is -0.488. The Hall–Kier alpha value is -2.77. The summed E-state index contributed by atoms with van der Waals surface area (Å²) in [6.07, 6.45) is 2.67. The summed E-state index contributed by atoms with van der Waals surface area (Å²) >= 11 is 7.50. The molecule has 2 aromatic carbocycles. The number of benzene rings is 2. The minimum Gasteiger partial charge on any atom is -0.366 e. The fourth-order valence-corrected chi connectivity index (χ4v) is 6.21. The Labute approximate surface area is 222 Å². The van der Waals surface area contributed by atoms with Crippen molar-refractivity contribution in [3.05, 3.63) is 62.5 Å². The van der Waals surface area contributed by atoms with Gasteiger partial charge in [-0.15, -0.1) is 0 Å². The third kappa shape index (κ3) is 5.04. The van der Waals surface area contributed by atoms with Gasteiger partial charge in [-0.1, -0.05) is 24.6 Å². The number of halogens is 1. The number of carbonyl (C=O) groups is 3. The maximum absolute atomic E-state index is 13.0. The molecule has 190 valence electrons. The van der Waals surface area contributed by atoms with E-state index in [-0.39, 0.29) is 17.0 Å². The van der Waals surface area contributed by atoms with Crippen molar-refractivity contribution in [1.29, 1.82) is 0 Å². The van der Waals surface area contributed by atoms with Gasteiger partial charge in [-0.2, -0.15) is 0 Å². The number of nitrogens with one attached hydrogen (secondary N) is 1. The molecule has 0 aromatic heterocycles. The summed E-state index contributed by atoms with van der Waals surface area (Å²) in [6, 6.07) is 9.57. The number of amides is 3. The van der Waals surface area contributed by atoms with E-state index < -0.39 is 17.1 Å². The van der Waals surface area contributed by atoms with Crippen LogP contribution in [0.15, 0.2) is 35.2 Å². The number of aryl methyl sites for hydroxylation is 2. The third-order valence-corrected chi connectivity index (χ3v) is 8.31. The van der Waals surface area contributed by atoms with Gasteiger partial charge >= 0.3 is 0 Å². The van der Waals surface area contributed by atoms with Crippen molar-refractivity contribution in [1.82, 2.24) is 4.90 Å². The Bertz CT molecular complexity index is 1290. The third-order valence-electron chi connectivity index (χ3n) is 7.07. The number of imide groups is 1. The first kappa shape index (κ1) is 26.3. The molecule has 1 N–H and O–H groups in total. The molecule has 2 aliphatic rings. The number of anilines is 2. The van der Waals surface area contributed by atoms with Crippen molar-refractivity contribution in [2.24, 2.45) is 0 Å². The van der Waals surface area contributed by atoms with Crippen LogP contribution in [0.4, 0.5) is 16.2 Å². The molecule has 8 heteroatoms. The van der Waals surface area contributed by atoms with E-state index in [1.165, 1.54) is 5.56 Å². The van der Waals surface area contributed by atoms with E-state index in [0.29, 0.717) is 22.2 Å². The van der Waals surface area contributed by atoms with Crippen LogP contribution >= 0.6 is 23.4 Å². The molecular weight excluding hydrogens is 494 g/mol. The first-order chi connectivity index (χ1) is 16.9.